The first kappa shape index (κ1) is 38.5. The van der Waals surface area contributed by atoms with Crippen molar-refractivity contribution in [1.29, 1.82) is 0 Å². The minimum Gasteiger partial charge on any atom is -0.324 e. The van der Waals surface area contributed by atoms with E-state index in [2.05, 4.69) is 27.7 Å². The summed E-state index contributed by atoms with van der Waals surface area (Å²) in [6, 6.07) is 0. The van der Waals surface area contributed by atoms with Crippen molar-refractivity contribution in [2.45, 2.75) is 182 Å². The van der Waals surface area contributed by atoms with Crippen molar-refractivity contribution in [2.24, 2.45) is 0 Å². The Kier molecular flexibility index (Phi) is 28.0. The molecular formula is C34H72O2P2. The van der Waals surface area contributed by atoms with Crippen LogP contribution in [0.5, 0.6) is 0 Å². The Bertz CT molecular complexity index is 485. The van der Waals surface area contributed by atoms with Gasteiger partial charge in [0.25, 0.3) is 0 Å². The third kappa shape index (κ3) is 24.3. The zero-order valence-corrected chi connectivity index (χ0v) is 28.7. The summed E-state index contributed by atoms with van der Waals surface area (Å²) in [5.74, 6) is 0. The van der Waals surface area contributed by atoms with Gasteiger partial charge >= 0.3 is 0 Å². The Morgan fingerprint density at radius 2 is 0.447 bits per heavy atom. The van der Waals surface area contributed by atoms with Gasteiger partial charge in [0, 0.05) is 37.0 Å². The zero-order valence-electron chi connectivity index (χ0n) is 26.9. The molecule has 0 aliphatic carbocycles. The van der Waals surface area contributed by atoms with E-state index in [0.29, 0.717) is 0 Å². The van der Waals surface area contributed by atoms with E-state index < -0.39 is 14.3 Å². The third-order valence-electron chi connectivity index (χ3n) is 8.59. The molecule has 0 aromatic heterocycles. The van der Waals surface area contributed by atoms with Gasteiger partial charge in [-0.25, -0.2) is 0 Å². The smallest absolute Gasteiger partial charge is 0.0882 e. The summed E-state index contributed by atoms with van der Waals surface area (Å²) in [7, 11) is -4.41. The fourth-order valence-corrected chi connectivity index (χ4v) is 13.2. The second-order valence-corrected chi connectivity index (χ2v) is 19.4. The monoisotopic (exact) mass is 575 g/mol. The molecule has 0 aliphatic rings. The zero-order chi connectivity index (χ0) is 28.2. The molecule has 0 N–H and O–H groups in total. The van der Waals surface area contributed by atoms with Gasteiger partial charge in [-0.2, -0.15) is 0 Å². The summed E-state index contributed by atoms with van der Waals surface area (Å²) in [4.78, 5) is 0. The molecule has 0 unspecified atom stereocenters. The van der Waals surface area contributed by atoms with Crippen LogP contribution in [0.4, 0.5) is 0 Å². The molecule has 0 saturated carbocycles. The van der Waals surface area contributed by atoms with Gasteiger partial charge in [-0.3, -0.25) is 0 Å². The van der Waals surface area contributed by atoms with E-state index >= 15 is 0 Å². The maximum atomic E-state index is 14.2. The number of unbranched alkanes of at least 4 members (excludes halogenated alkanes) is 20. The lowest BCUT2D eigenvalue weighted by Gasteiger charge is -2.24. The van der Waals surface area contributed by atoms with Crippen molar-refractivity contribution in [2.75, 3.05) is 37.0 Å². The summed E-state index contributed by atoms with van der Waals surface area (Å²) in [6.45, 7) is 9.07. The lowest BCUT2D eigenvalue weighted by Crippen LogP contribution is -2.09. The molecule has 0 aliphatic heterocycles. The highest BCUT2D eigenvalue weighted by molar-refractivity contribution is 7.67. The van der Waals surface area contributed by atoms with Crippen LogP contribution in [0.2, 0.25) is 0 Å². The molecule has 0 spiro atoms. The molecule has 38 heavy (non-hydrogen) atoms. The number of hydrogen-bond donors (Lipinski definition) is 0. The SMILES string of the molecule is CCCCCCCCP(=O)(CCCCCCCC)CCP(=O)(CCCCCCCC)CCCCCCCC. The van der Waals surface area contributed by atoms with E-state index in [0.717, 1.165) is 62.7 Å². The molecule has 2 nitrogen and oxygen atoms in total. The van der Waals surface area contributed by atoms with E-state index in [-0.39, 0.29) is 0 Å². The molecule has 0 rings (SSSR count). The van der Waals surface area contributed by atoms with Crippen LogP contribution in [0, 0.1) is 0 Å². The maximum absolute atomic E-state index is 14.2. The van der Waals surface area contributed by atoms with Gasteiger partial charge in [-0.05, 0) is 25.7 Å². The molecule has 0 atom stereocenters. The molecule has 0 radical (unpaired) electrons. The molecule has 0 bridgehead atoms. The van der Waals surface area contributed by atoms with Crippen molar-refractivity contribution in [3.8, 4) is 0 Å². The molecule has 4 heteroatoms. The molecule has 0 heterocycles. The van der Waals surface area contributed by atoms with Crippen molar-refractivity contribution in [3.05, 3.63) is 0 Å². The van der Waals surface area contributed by atoms with Crippen LogP contribution in [-0.2, 0) is 9.13 Å². The van der Waals surface area contributed by atoms with Crippen molar-refractivity contribution in [3.63, 3.8) is 0 Å². The summed E-state index contributed by atoms with van der Waals surface area (Å²) < 4.78 is 28.4. The summed E-state index contributed by atoms with van der Waals surface area (Å²) >= 11 is 0. The Balaban J connectivity index is 4.95. The predicted octanol–water partition coefficient (Wildman–Crippen LogP) is 13.2. The third-order valence-corrected chi connectivity index (χ3v) is 15.5. The lowest BCUT2D eigenvalue weighted by atomic mass is 10.1. The predicted molar refractivity (Wildman–Crippen MR) is 178 cm³/mol. The Labute approximate surface area is 241 Å². The Morgan fingerprint density at radius 3 is 0.658 bits per heavy atom. The number of hydrogen-bond acceptors (Lipinski definition) is 2. The molecule has 0 aromatic carbocycles. The van der Waals surface area contributed by atoms with Crippen molar-refractivity contribution >= 4 is 14.3 Å². The van der Waals surface area contributed by atoms with Crippen LogP contribution in [-0.4, -0.2) is 37.0 Å². The van der Waals surface area contributed by atoms with Crippen molar-refractivity contribution < 1.29 is 9.13 Å². The van der Waals surface area contributed by atoms with Crippen LogP contribution < -0.4 is 0 Å². The van der Waals surface area contributed by atoms with Gasteiger partial charge in [0.2, 0.25) is 0 Å². The van der Waals surface area contributed by atoms with Crippen LogP contribution in [0.25, 0.3) is 0 Å². The topological polar surface area (TPSA) is 34.1 Å². The second-order valence-electron chi connectivity index (χ2n) is 12.5. The van der Waals surface area contributed by atoms with Crippen LogP contribution in [0.15, 0.2) is 0 Å². The molecule has 0 saturated heterocycles. The van der Waals surface area contributed by atoms with Gasteiger partial charge in [-0.1, -0.05) is 156 Å². The highest BCUT2D eigenvalue weighted by Crippen LogP contribution is 2.55. The first-order chi connectivity index (χ1) is 18.4. The molecule has 230 valence electrons. The van der Waals surface area contributed by atoms with E-state index in [9.17, 15) is 9.13 Å². The molecule has 0 fully saturated rings. The van der Waals surface area contributed by atoms with E-state index in [1.54, 1.807) is 0 Å². The summed E-state index contributed by atoms with van der Waals surface area (Å²) in [5, 5.41) is 0. The van der Waals surface area contributed by atoms with Gasteiger partial charge in [0.05, 0.1) is 14.3 Å². The van der Waals surface area contributed by atoms with Gasteiger partial charge in [0.15, 0.2) is 0 Å². The molecule has 0 amide bonds. The van der Waals surface area contributed by atoms with Crippen LogP contribution in [0.1, 0.15) is 182 Å². The second kappa shape index (κ2) is 27.6. The van der Waals surface area contributed by atoms with Gasteiger partial charge < -0.3 is 9.13 Å². The maximum Gasteiger partial charge on any atom is 0.0882 e. The number of rotatable bonds is 31. The molecule has 0 aromatic rings. The standard InChI is InChI=1S/C34H72O2P2/c1-5-9-13-17-21-25-29-37(35,30-26-22-18-14-10-6-2)33-34-38(36,31-27-23-19-15-11-7-3)32-28-24-20-16-12-8-4/h5-34H2,1-4H3. The van der Waals surface area contributed by atoms with Gasteiger partial charge in [-0.15, -0.1) is 0 Å². The highest BCUT2D eigenvalue weighted by Gasteiger charge is 2.28. The first-order valence-electron chi connectivity index (χ1n) is 17.6. The van der Waals surface area contributed by atoms with Crippen LogP contribution in [0.3, 0.4) is 0 Å². The minimum atomic E-state index is -2.21. The normalized spacial score (nSPS) is 12.4. The van der Waals surface area contributed by atoms with Gasteiger partial charge in [0.1, 0.15) is 0 Å². The quantitative estimate of drug-likeness (QED) is 0.0609. The summed E-state index contributed by atoms with van der Waals surface area (Å²) in [5.41, 5.74) is 0. The van der Waals surface area contributed by atoms with E-state index in [1.807, 2.05) is 0 Å². The Morgan fingerprint density at radius 1 is 0.263 bits per heavy atom. The van der Waals surface area contributed by atoms with E-state index in [1.165, 1.54) is 128 Å². The minimum absolute atomic E-state index is 0.778. The average molecular weight is 575 g/mol. The fraction of sp³-hybridized carbons (Fsp3) is 1.00. The largest absolute Gasteiger partial charge is 0.324 e. The summed E-state index contributed by atoms with van der Waals surface area (Å²) in [6.07, 6.45) is 35.5. The van der Waals surface area contributed by atoms with E-state index in [4.69, 9.17) is 0 Å². The fourth-order valence-electron chi connectivity index (χ4n) is 5.76. The molecular weight excluding hydrogens is 502 g/mol. The lowest BCUT2D eigenvalue weighted by molar-refractivity contribution is 0.555. The first-order valence-corrected chi connectivity index (χ1v) is 22.1. The van der Waals surface area contributed by atoms with Crippen molar-refractivity contribution in [1.82, 2.24) is 0 Å². The Hall–Kier alpha value is 0.460. The highest BCUT2D eigenvalue weighted by atomic mass is 31.2. The van der Waals surface area contributed by atoms with Crippen LogP contribution >= 0.6 is 14.3 Å². The average Bonchev–Trinajstić information content (AvgIpc) is 2.91.